The van der Waals surface area contributed by atoms with Crippen molar-refractivity contribution in [2.24, 2.45) is 0 Å². The second kappa shape index (κ2) is 2200. The van der Waals surface area contributed by atoms with Gasteiger partial charge in [-0.25, -0.2) is 0 Å². The Labute approximate surface area is 133 Å². The summed E-state index contributed by atoms with van der Waals surface area (Å²) in [6.45, 7) is 0. The predicted molar refractivity (Wildman–Crippen MR) is 52.7 cm³/mol. The molecule has 120 valence electrons. The Balaban J connectivity index is 0. The van der Waals surface area contributed by atoms with Crippen LogP contribution in [0, 0.1) is 0 Å². The van der Waals surface area contributed by atoms with Crippen LogP contribution in [0.1, 0.15) is 0 Å². The van der Waals surface area contributed by atoms with Crippen molar-refractivity contribution in [3.05, 3.63) is 0 Å². The molecule has 16 heteroatoms. The summed E-state index contributed by atoms with van der Waals surface area (Å²) in [7, 11) is 0. The fraction of sp³-hybridized carbons (Fsp3) is 0. The van der Waals surface area contributed by atoms with Crippen LogP contribution in [-0.2, 0) is 0 Å². The maximum atomic E-state index is 0. The van der Waals surface area contributed by atoms with Gasteiger partial charge in [0.25, 0.3) is 0 Å². The van der Waals surface area contributed by atoms with Crippen molar-refractivity contribution in [2.45, 2.75) is 0 Å². The Morgan fingerprint density at radius 3 is 0.188 bits per heavy atom. The maximum Gasteiger partial charge on any atom is 2.00 e. The van der Waals surface area contributed by atoms with Gasteiger partial charge in [-0.3, -0.25) is 0 Å². The summed E-state index contributed by atoms with van der Waals surface area (Å²) in [5, 5.41) is 0. The Bertz CT molecular complexity index is 13.9. The normalized spacial score (nSPS) is 0. The summed E-state index contributed by atoms with van der Waals surface area (Å²) in [4.78, 5) is 0. The van der Waals surface area contributed by atoms with E-state index >= 15 is 0 Å². The molecule has 0 aromatic rings. The second-order valence-electron chi connectivity index (χ2n) is 0. The minimum atomic E-state index is 0. The first kappa shape index (κ1) is 2650. The second-order valence-corrected chi connectivity index (χ2v) is 0. The van der Waals surface area contributed by atoms with Crippen molar-refractivity contribution >= 4 is 37.7 Å². The Morgan fingerprint density at radius 1 is 0.188 bits per heavy atom. The first-order valence-corrected chi connectivity index (χ1v) is 0. The molecule has 0 bridgehead atoms. The molecule has 0 unspecified atom stereocenters. The van der Waals surface area contributed by atoms with Crippen molar-refractivity contribution in [1.29, 1.82) is 0 Å². The monoisotopic (exact) mass is 344 g/mol. The first-order valence-electron chi connectivity index (χ1n) is 0. The minimum absolute atomic E-state index is 0. The van der Waals surface area contributed by atoms with E-state index in [0.29, 0.717) is 0 Å². The largest absolute Gasteiger partial charge is 2.00 e. The maximum absolute atomic E-state index is 0. The van der Waals surface area contributed by atoms with Crippen molar-refractivity contribution < 1.29 is 96.0 Å². The molecule has 0 fully saturated rings. The molecule has 0 aliphatic rings. The van der Waals surface area contributed by atoms with Gasteiger partial charge in [-0.1, -0.05) is 0 Å². The van der Waals surface area contributed by atoms with Gasteiger partial charge in [-0.15, -0.1) is 0 Å². The molecule has 0 radical (unpaired) electrons. The van der Waals surface area contributed by atoms with E-state index in [1.165, 1.54) is 0 Å². The molecule has 0 aliphatic heterocycles. The van der Waals surface area contributed by atoms with Gasteiger partial charge >= 0.3 is 37.7 Å². The van der Waals surface area contributed by atoms with Gasteiger partial charge in [0.15, 0.2) is 0 Å². The Hall–Kier alpha value is 1.32. The van der Waals surface area contributed by atoms with Crippen molar-refractivity contribution in [2.75, 3.05) is 0 Å². The number of hydrogen-bond donors (Lipinski definition) is 0. The minimum Gasteiger partial charge on any atom is -1.00 e. The average Bonchev–Trinajstić information content (AvgIpc) is 0. The predicted octanol–water partition coefficient (Wildman–Crippen LogP) is -17.1. The third-order valence-corrected chi connectivity index (χ3v) is 0. The Morgan fingerprint density at radius 2 is 0.188 bits per heavy atom. The summed E-state index contributed by atoms with van der Waals surface area (Å²) in [6, 6.07) is 0. The molecule has 13 nitrogen and oxygen atoms in total. The molecule has 0 atom stereocenters. The zero-order chi connectivity index (χ0) is 0. The van der Waals surface area contributed by atoms with Crippen LogP contribution in [0.4, 0.5) is 0 Å². The molecule has 16 heavy (non-hydrogen) atoms. The number of halogens is 2. The van der Waals surface area contributed by atoms with Crippen LogP contribution in [0.2, 0.25) is 0 Å². The van der Waals surface area contributed by atoms with Gasteiger partial charge in [0, 0.05) is 0 Å². The fourth-order valence-electron chi connectivity index (χ4n) is 0. The molecule has 0 aromatic heterocycles. The molecule has 0 heterocycles. The SMILES string of the molecule is O.O.O.O.O.O.O.O.O.O.O.O.O.[Ca+2].[Cl-].[Cl-]. The number of hydrogen-bond acceptors (Lipinski definition) is 0. The molecule has 26 N–H and O–H groups in total. The van der Waals surface area contributed by atoms with Crippen LogP contribution in [0.15, 0.2) is 0 Å². The van der Waals surface area contributed by atoms with Gasteiger partial charge in [0.05, 0.1) is 0 Å². The van der Waals surface area contributed by atoms with Gasteiger partial charge in [0.2, 0.25) is 0 Å². The first-order chi connectivity index (χ1) is 0. The van der Waals surface area contributed by atoms with Gasteiger partial charge < -0.3 is 96.0 Å². The van der Waals surface area contributed by atoms with E-state index in [1.807, 2.05) is 0 Å². The topological polar surface area (TPSA) is 410 Å². The zero-order valence-corrected chi connectivity index (χ0v) is 11.7. The van der Waals surface area contributed by atoms with E-state index in [1.54, 1.807) is 0 Å². The van der Waals surface area contributed by atoms with Crippen LogP contribution >= 0.6 is 0 Å². The number of rotatable bonds is 0. The molecular formula is H26CaCl2O13. The molecule has 0 spiro atoms. The Kier molecular flexibility index (Phi) is 364000. The molecular weight excluding hydrogens is 319 g/mol. The van der Waals surface area contributed by atoms with Crippen LogP contribution in [0.5, 0.6) is 0 Å². The zero-order valence-electron chi connectivity index (χ0n) is 7.96. The molecule has 0 saturated carbocycles. The summed E-state index contributed by atoms with van der Waals surface area (Å²) in [6.07, 6.45) is 0. The molecule has 0 aliphatic carbocycles. The molecule has 0 saturated heterocycles. The van der Waals surface area contributed by atoms with E-state index in [0.717, 1.165) is 0 Å². The summed E-state index contributed by atoms with van der Waals surface area (Å²) in [5.41, 5.74) is 0. The fourth-order valence-corrected chi connectivity index (χ4v) is 0. The standard InChI is InChI=1S/Ca.2ClH.13H2O/h;2*1H;13*1H2/q+2;;;;;;;;;;;;;;;/p-2. The van der Waals surface area contributed by atoms with Crippen molar-refractivity contribution in [3.8, 4) is 0 Å². The molecule has 0 aromatic carbocycles. The van der Waals surface area contributed by atoms with Gasteiger partial charge in [-0.05, 0) is 0 Å². The van der Waals surface area contributed by atoms with E-state index in [-0.39, 0.29) is 134 Å². The smallest absolute Gasteiger partial charge is 1.00 e. The molecule has 0 rings (SSSR count). The molecule has 0 amide bonds. The van der Waals surface area contributed by atoms with Gasteiger partial charge in [-0.2, -0.15) is 0 Å². The van der Waals surface area contributed by atoms with Crippen LogP contribution in [-0.4, -0.2) is 109 Å². The van der Waals surface area contributed by atoms with Gasteiger partial charge in [0.1, 0.15) is 0 Å². The third-order valence-electron chi connectivity index (χ3n) is 0. The van der Waals surface area contributed by atoms with E-state index in [9.17, 15) is 0 Å². The van der Waals surface area contributed by atoms with Crippen molar-refractivity contribution in [1.82, 2.24) is 0 Å². The average molecular weight is 345 g/mol. The summed E-state index contributed by atoms with van der Waals surface area (Å²) < 4.78 is 0. The quantitative estimate of drug-likeness (QED) is 0.369. The van der Waals surface area contributed by atoms with Crippen molar-refractivity contribution in [3.63, 3.8) is 0 Å². The van der Waals surface area contributed by atoms with E-state index < -0.39 is 0 Å². The van der Waals surface area contributed by atoms with Crippen LogP contribution in [0.25, 0.3) is 0 Å². The summed E-state index contributed by atoms with van der Waals surface area (Å²) in [5.74, 6) is 0. The van der Waals surface area contributed by atoms with Crippen LogP contribution in [0.3, 0.4) is 0 Å². The summed E-state index contributed by atoms with van der Waals surface area (Å²) >= 11 is 0. The van der Waals surface area contributed by atoms with E-state index in [4.69, 9.17) is 0 Å². The third kappa shape index (κ3) is 1800. The van der Waals surface area contributed by atoms with E-state index in [2.05, 4.69) is 0 Å². The van der Waals surface area contributed by atoms with Crippen LogP contribution < -0.4 is 24.8 Å².